The third-order valence-corrected chi connectivity index (χ3v) is 6.09. The number of sulfonamides is 1. The molecule has 138 valence electrons. The third-order valence-electron chi connectivity index (χ3n) is 3.59. The number of fused-ring (bicyclic) bond motifs is 1. The summed E-state index contributed by atoms with van der Waals surface area (Å²) in [5, 5.41) is 5.75. The van der Waals surface area contributed by atoms with Crippen molar-refractivity contribution in [2.24, 2.45) is 10.1 Å². The largest absolute Gasteiger partial charge is 0.305 e. The number of rotatable bonds is 3. The van der Waals surface area contributed by atoms with Gasteiger partial charge in [-0.1, -0.05) is 40.5 Å². The molecule has 3 aromatic rings. The van der Waals surface area contributed by atoms with Gasteiger partial charge in [0.15, 0.2) is 4.80 Å². The van der Waals surface area contributed by atoms with E-state index in [1.165, 1.54) is 30.3 Å². The summed E-state index contributed by atoms with van der Waals surface area (Å²) in [5.74, 6) is 1.92. The molecule has 0 saturated carbocycles. The zero-order valence-electron chi connectivity index (χ0n) is 13.5. The second kappa shape index (κ2) is 7.46. The highest BCUT2D eigenvalue weighted by atomic mass is 35.5. The van der Waals surface area contributed by atoms with Crippen LogP contribution in [0.4, 0.5) is 0 Å². The van der Waals surface area contributed by atoms with Gasteiger partial charge in [0.05, 0.1) is 32.2 Å². The zero-order valence-corrected chi connectivity index (χ0v) is 16.7. The second-order valence-electron chi connectivity index (χ2n) is 5.39. The fourth-order valence-corrected chi connectivity index (χ4v) is 4.54. The molecule has 3 rings (SSSR count). The summed E-state index contributed by atoms with van der Waals surface area (Å²) in [5.41, 5.74) is 0.829. The van der Waals surface area contributed by atoms with Gasteiger partial charge in [0, 0.05) is 5.02 Å². The summed E-state index contributed by atoms with van der Waals surface area (Å²) in [6, 6.07) is 8.83. The minimum atomic E-state index is -3.86. The van der Waals surface area contributed by atoms with Crippen LogP contribution in [0.25, 0.3) is 10.2 Å². The Morgan fingerprint density at radius 1 is 1.26 bits per heavy atom. The molecule has 27 heavy (non-hydrogen) atoms. The van der Waals surface area contributed by atoms with Gasteiger partial charge in [-0.3, -0.25) is 4.79 Å². The van der Waals surface area contributed by atoms with Crippen molar-refractivity contribution in [3.63, 3.8) is 0 Å². The van der Waals surface area contributed by atoms with Gasteiger partial charge < -0.3 is 4.57 Å². The summed E-state index contributed by atoms with van der Waals surface area (Å²) in [7, 11) is -3.86. The molecular weight excluding hydrogens is 429 g/mol. The molecule has 1 aromatic heterocycles. The lowest BCUT2D eigenvalue weighted by Gasteiger charge is -2.02. The van der Waals surface area contributed by atoms with Gasteiger partial charge in [0.2, 0.25) is 10.0 Å². The molecular formula is C17H11Cl2N3O3S2. The molecule has 10 heteroatoms. The smallest absolute Gasteiger partial charge is 0.281 e. The van der Waals surface area contributed by atoms with Gasteiger partial charge in [-0.2, -0.15) is 4.99 Å². The molecule has 0 spiro atoms. The molecule has 0 unspecified atom stereocenters. The number of hydrogen-bond acceptors (Lipinski definition) is 4. The minimum Gasteiger partial charge on any atom is -0.305 e. The highest BCUT2D eigenvalue weighted by Gasteiger charge is 2.14. The van der Waals surface area contributed by atoms with Crippen LogP contribution in [0.1, 0.15) is 10.4 Å². The van der Waals surface area contributed by atoms with Crippen LogP contribution >= 0.6 is 34.5 Å². The van der Waals surface area contributed by atoms with E-state index in [0.717, 1.165) is 11.3 Å². The summed E-state index contributed by atoms with van der Waals surface area (Å²) in [4.78, 5) is 16.9. The van der Waals surface area contributed by atoms with Crippen molar-refractivity contribution in [1.82, 2.24) is 4.57 Å². The molecule has 1 amide bonds. The average molecular weight is 440 g/mol. The van der Waals surface area contributed by atoms with Crippen LogP contribution < -0.4 is 9.94 Å². The Kier molecular flexibility index (Phi) is 5.42. The van der Waals surface area contributed by atoms with Crippen molar-refractivity contribution in [1.29, 1.82) is 0 Å². The number of primary sulfonamides is 1. The Morgan fingerprint density at radius 2 is 2.00 bits per heavy atom. The maximum Gasteiger partial charge on any atom is 0.281 e. The van der Waals surface area contributed by atoms with Crippen molar-refractivity contribution < 1.29 is 13.2 Å². The summed E-state index contributed by atoms with van der Waals surface area (Å²) in [6.07, 6.45) is 5.42. The molecule has 0 aliphatic carbocycles. The van der Waals surface area contributed by atoms with E-state index in [2.05, 4.69) is 10.9 Å². The van der Waals surface area contributed by atoms with Crippen molar-refractivity contribution in [3.8, 4) is 12.3 Å². The van der Waals surface area contributed by atoms with Crippen LogP contribution in [0, 0.1) is 12.3 Å². The van der Waals surface area contributed by atoms with E-state index in [1.807, 2.05) is 0 Å². The Morgan fingerprint density at radius 3 is 2.63 bits per heavy atom. The van der Waals surface area contributed by atoms with Crippen LogP contribution in [0.5, 0.6) is 0 Å². The van der Waals surface area contributed by atoms with Gasteiger partial charge in [0.1, 0.15) is 0 Å². The molecule has 2 aromatic carbocycles. The van der Waals surface area contributed by atoms with E-state index in [0.29, 0.717) is 20.0 Å². The van der Waals surface area contributed by atoms with Gasteiger partial charge in [0.25, 0.3) is 5.91 Å². The highest BCUT2D eigenvalue weighted by Crippen LogP contribution is 2.23. The van der Waals surface area contributed by atoms with Crippen LogP contribution in [-0.2, 0) is 16.6 Å². The van der Waals surface area contributed by atoms with Crippen molar-refractivity contribution >= 4 is 60.7 Å². The summed E-state index contributed by atoms with van der Waals surface area (Å²) >= 11 is 13.0. The number of hydrogen-bond donors (Lipinski definition) is 1. The number of amides is 1. The molecule has 0 bridgehead atoms. The quantitative estimate of drug-likeness (QED) is 0.635. The number of nitrogens with two attached hydrogens (primary N) is 1. The second-order valence-corrected chi connectivity index (χ2v) is 8.80. The number of terminal acetylenes is 1. The van der Waals surface area contributed by atoms with E-state index >= 15 is 0 Å². The molecule has 0 radical (unpaired) electrons. The number of benzene rings is 2. The van der Waals surface area contributed by atoms with Crippen LogP contribution in [0.2, 0.25) is 10.0 Å². The Bertz CT molecular complexity index is 1280. The maximum absolute atomic E-state index is 12.5. The van der Waals surface area contributed by atoms with Crippen LogP contribution in [-0.4, -0.2) is 18.9 Å². The molecule has 1 heterocycles. The Hall–Kier alpha value is -2.15. The van der Waals surface area contributed by atoms with Gasteiger partial charge in [-0.05, 0) is 36.4 Å². The van der Waals surface area contributed by atoms with Gasteiger partial charge >= 0.3 is 0 Å². The zero-order chi connectivity index (χ0) is 19.8. The Balaban J connectivity index is 2.20. The number of nitrogens with zero attached hydrogens (tertiary/aromatic N) is 2. The van der Waals surface area contributed by atoms with E-state index in [4.69, 9.17) is 34.8 Å². The highest BCUT2D eigenvalue weighted by molar-refractivity contribution is 7.89. The number of carbonyl (C=O) groups excluding carboxylic acids is 1. The summed E-state index contributed by atoms with van der Waals surface area (Å²) in [6.45, 7) is 0.148. The normalized spacial score (nSPS) is 12.3. The third kappa shape index (κ3) is 4.08. The predicted molar refractivity (Wildman–Crippen MR) is 106 cm³/mol. The summed E-state index contributed by atoms with van der Waals surface area (Å²) < 4.78 is 25.3. The van der Waals surface area contributed by atoms with Gasteiger partial charge in [-0.15, -0.1) is 6.42 Å². The lowest BCUT2D eigenvalue weighted by Crippen LogP contribution is -2.16. The number of aromatic nitrogens is 1. The van der Waals surface area contributed by atoms with Crippen molar-refractivity contribution in [2.75, 3.05) is 0 Å². The number of thiazole rings is 1. The van der Waals surface area contributed by atoms with E-state index < -0.39 is 15.9 Å². The number of halogens is 2. The van der Waals surface area contributed by atoms with Crippen LogP contribution in [0.15, 0.2) is 46.3 Å². The topological polar surface area (TPSA) is 94.5 Å². The molecule has 2 N–H and O–H groups in total. The van der Waals surface area contributed by atoms with Gasteiger partial charge in [-0.25, -0.2) is 13.6 Å². The monoisotopic (exact) mass is 439 g/mol. The molecule has 6 nitrogen and oxygen atoms in total. The van der Waals surface area contributed by atoms with E-state index in [1.54, 1.807) is 10.6 Å². The molecule has 0 atom stereocenters. The van der Waals surface area contributed by atoms with E-state index in [-0.39, 0.29) is 22.0 Å². The first-order valence-electron chi connectivity index (χ1n) is 7.34. The molecule has 0 saturated heterocycles. The predicted octanol–water partition coefficient (Wildman–Crippen LogP) is 3.03. The molecule has 0 fully saturated rings. The van der Waals surface area contributed by atoms with Crippen molar-refractivity contribution in [3.05, 3.63) is 56.8 Å². The SMILES string of the molecule is C#CCn1c(=NC(=O)c2ccc(Cl)cc2Cl)sc2cc(S(N)(=O)=O)ccc21. The first-order chi connectivity index (χ1) is 12.7. The lowest BCUT2D eigenvalue weighted by molar-refractivity contribution is 0.0998. The number of carbonyl (C=O) groups is 1. The van der Waals surface area contributed by atoms with Crippen LogP contribution in [0.3, 0.4) is 0 Å². The standard InChI is InChI=1S/C17H11Cl2N3O3S2/c1-2-7-22-14-6-4-11(27(20,24)25)9-15(14)26-17(22)21-16(23)12-5-3-10(18)8-13(12)19/h1,3-6,8-9H,7H2,(H2,20,24,25). The maximum atomic E-state index is 12.5. The van der Waals surface area contributed by atoms with E-state index in [9.17, 15) is 13.2 Å². The first-order valence-corrected chi connectivity index (χ1v) is 10.5. The minimum absolute atomic E-state index is 0.0391. The lowest BCUT2D eigenvalue weighted by atomic mass is 10.2. The first kappa shape index (κ1) is 19.6. The fourth-order valence-electron chi connectivity index (χ4n) is 2.37. The molecule has 0 aliphatic rings. The fraction of sp³-hybridized carbons (Fsp3) is 0.0588. The molecule has 0 aliphatic heterocycles. The van der Waals surface area contributed by atoms with Crippen molar-refractivity contribution in [2.45, 2.75) is 11.4 Å². The Labute approximate surface area is 168 Å². The average Bonchev–Trinajstić information content (AvgIpc) is 2.91.